The normalized spacial score (nSPS) is 15.1. The molecule has 0 saturated heterocycles. The molecule has 6 N–H and O–H groups in total. The highest BCUT2D eigenvalue weighted by Crippen LogP contribution is 2.34. The van der Waals surface area contributed by atoms with E-state index in [1.54, 1.807) is 19.1 Å². The minimum atomic E-state index is -0.970. The molecular formula is C9H13IN2O2. The van der Waals surface area contributed by atoms with Crippen LogP contribution in [0.15, 0.2) is 12.1 Å². The number of halogens is 1. The van der Waals surface area contributed by atoms with Crippen LogP contribution in [-0.4, -0.2) is 16.8 Å². The first-order chi connectivity index (χ1) is 6.40. The summed E-state index contributed by atoms with van der Waals surface area (Å²) >= 11 is 2.02. The van der Waals surface area contributed by atoms with Crippen molar-refractivity contribution in [1.29, 1.82) is 0 Å². The number of benzene rings is 1. The maximum atomic E-state index is 9.72. The van der Waals surface area contributed by atoms with E-state index in [2.05, 4.69) is 0 Å². The molecule has 78 valence electrons. The van der Waals surface area contributed by atoms with Gasteiger partial charge >= 0.3 is 0 Å². The van der Waals surface area contributed by atoms with E-state index in [1.165, 1.54) is 0 Å². The van der Waals surface area contributed by atoms with Gasteiger partial charge < -0.3 is 21.7 Å². The SMILES string of the molecule is CC(N)(CO)c1ccc(I)c(N)c1O. The number of hydrogen-bond donors (Lipinski definition) is 4. The van der Waals surface area contributed by atoms with Crippen LogP contribution in [0.25, 0.3) is 0 Å². The fourth-order valence-electron chi connectivity index (χ4n) is 1.13. The van der Waals surface area contributed by atoms with Crippen molar-refractivity contribution in [3.8, 4) is 5.75 Å². The molecule has 1 aromatic carbocycles. The molecule has 0 radical (unpaired) electrons. The first-order valence-corrected chi connectivity index (χ1v) is 5.15. The predicted molar refractivity (Wildman–Crippen MR) is 63.9 cm³/mol. The highest BCUT2D eigenvalue weighted by atomic mass is 127. The Morgan fingerprint density at radius 2 is 2.07 bits per heavy atom. The lowest BCUT2D eigenvalue weighted by Gasteiger charge is -2.24. The van der Waals surface area contributed by atoms with Crippen LogP contribution in [0.2, 0.25) is 0 Å². The Morgan fingerprint density at radius 1 is 1.50 bits per heavy atom. The third-order valence-electron chi connectivity index (χ3n) is 2.11. The fourth-order valence-corrected chi connectivity index (χ4v) is 1.56. The van der Waals surface area contributed by atoms with E-state index < -0.39 is 5.54 Å². The molecule has 0 amide bonds. The molecule has 14 heavy (non-hydrogen) atoms. The van der Waals surface area contributed by atoms with Crippen LogP contribution in [0.5, 0.6) is 5.75 Å². The summed E-state index contributed by atoms with van der Waals surface area (Å²) in [7, 11) is 0. The molecule has 1 unspecified atom stereocenters. The van der Waals surface area contributed by atoms with Gasteiger partial charge in [0.25, 0.3) is 0 Å². The molecule has 0 heterocycles. The summed E-state index contributed by atoms with van der Waals surface area (Å²) in [5, 5.41) is 18.8. The van der Waals surface area contributed by atoms with Gasteiger partial charge in [0, 0.05) is 9.13 Å². The van der Waals surface area contributed by atoms with Gasteiger partial charge in [0.05, 0.1) is 17.8 Å². The number of phenols is 1. The second-order valence-corrected chi connectivity index (χ2v) is 4.59. The summed E-state index contributed by atoms with van der Waals surface area (Å²) in [5.74, 6) is -0.0454. The van der Waals surface area contributed by atoms with E-state index in [-0.39, 0.29) is 12.4 Å². The second kappa shape index (κ2) is 3.92. The average Bonchev–Trinajstić information content (AvgIpc) is 2.14. The Hall–Kier alpha value is -0.530. The number of aliphatic hydroxyl groups is 1. The van der Waals surface area contributed by atoms with Crippen LogP contribution >= 0.6 is 22.6 Å². The van der Waals surface area contributed by atoms with E-state index in [4.69, 9.17) is 16.6 Å². The Labute approximate surface area is 96.1 Å². The molecule has 1 atom stereocenters. The van der Waals surface area contributed by atoms with Crippen LogP contribution in [-0.2, 0) is 5.54 Å². The molecule has 0 saturated carbocycles. The number of phenolic OH excluding ortho intramolecular Hbond substituents is 1. The Bertz CT molecular complexity index is 353. The van der Waals surface area contributed by atoms with E-state index in [0.29, 0.717) is 11.3 Å². The van der Waals surface area contributed by atoms with Crippen molar-refractivity contribution in [3.63, 3.8) is 0 Å². The van der Waals surface area contributed by atoms with Crippen LogP contribution in [0, 0.1) is 3.57 Å². The van der Waals surface area contributed by atoms with Gasteiger partial charge in [0.15, 0.2) is 0 Å². The van der Waals surface area contributed by atoms with Crippen molar-refractivity contribution in [3.05, 3.63) is 21.3 Å². The molecule has 1 rings (SSSR count). The highest BCUT2D eigenvalue weighted by Gasteiger charge is 2.25. The van der Waals surface area contributed by atoms with Gasteiger partial charge in [-0.1, -0.05) is 6.07 Å². The zero-order valence-corrected chi connectivity index (χ0v) is 9.95. The largest absolute Gasteiger partial charge is 0.505 e. The van der Waals surface area contributed by atoms with Crippen molar-refractivity contribution in [2.45, 2.75) is 12.5 Å². The highest BCUT2D eigenvalue weighted by molar-refractivity contribution is 14.1. The number of anilines is 1. The lowest BCUT2D eigenvalue weighted by atomic mass is 9.93. The third kappa shape index (κ3) is 1.94. The van der Waals surface area contributed by atoms with Crippen LogP contribution in [0.4, 0.5) is 5.69 Å². The molecule has 1 aromatic rings. The number of hydrogen-bond acceptors (Lipinski definition) is 4. The fraction of sp³-hybridized carbons (Fsp3) is 0.333. The smallest absolute Gasteiger partial charge is 0.144 e. The van der Waals surface area contributed by atoms with Crippen molar-refractivity contribution in [2.24, 2.45) is 5.73 Å². The quantitative estimate of drug-likeness (QED) is 0.368. The zero-order valence-electron chi connectivity index (χ0n) is 7.79. The molecule has 4 nitrogen and oxygen atoms in total. The summed E-state index contributed by atoms with van der Waals surface area (Å²) < 4.78 is 0.762. The zero-order chi connectivity index (χ0) is 10.9. The minimum Gasteiger partial charge on any atom is -0.505 e. The minimum absolute atomic E-state index is 0.0454. The van der Waals surface area contributed by atoms with Gasteiger partial charge in [-0.05, 0) is 35.6 Å². The molecule has 0 aliphatic carbocycles. The van der Waals surface area contributed by atoms with Crippen molar-refractivity contribution in [1.82, 2.24) is 0 Å². The molecule has 0 fully saturated rings. The lowest BCUT2D eigenvalue weighted by molar-refractivity contribution is 0.207. The number of aliphatic hydroxyl groups excluding tert-OH is 1. The maximum absolute atomic E-state index is 9.72. The summed E-state index contributed by atoms with van der Waals surface area (Å²) in [4.78, 5) is 0. The topological polar surface area (TPSA) is 92.5 Å². The molecular weight excluding hydrogens is 295 g/mol. The number of rotatable bonds is 2. The second-order valence-electron chi connectivity index (χ2n) is 3.43. The predicted octanol–water partition coefficient (Wildman–Crippen LogP) is 0.745. The van der Waals surface area contributed by atoms with Crippen molar-refractivity contribution in [2.75, 3.05) is 12.3 Å². The van der Waals surface area contributed by atoms with E-state index in [0.717, 1.165) is 3.57 Å². The molecule has 0 aliphatic heterocycles. The van der Waals surface area contributed by atoms with E-state index >= 15 is 0 Å². The first-order valence-electron chi connectivity index (χ1n) is 4.07. The first kappa shape index (κ1) is 11.5. The van der Waals surface area contributed by atoms with Gasteiger partial charge in [-0.25, -0.2) is 0 Å². The van der Waals surface area contributed by atoms with Crippen molar-refractivity contribution >= 4 is 28.3 Å². The number of aromatic hydroxyl groups is 1. The summed E-state index contributed by atoms with van der Waals surface area (Å²) in [6.45, 7) is 1.38. The molecule has 5 heteroatoms. The van der Waals surface area contributed by atoms with Crippen molar-refractivity contribution < 1.29 is 10.2 Å². The average molecular weight is 308 g/mol. The summed E-state index contributed by atoms with van der Waals surface area (Å²) in [6, 6.07) is 3.43. The number of nitrogens with two attached hydrogens (primary N) is 2. The maximum Gasteiger partial charge on any atom is 0.144 e. The third-order valence-corrected chi connectivity index (χ3v) is 3.05. The van der Waals surface area contributed by atoms with Gasteiger partial charge in [-0.3, -0.25) is 0 Å². The van der Waals surface area contributed by atoms with Gasteiger partial charge in [0.1, 0.15) is 5.75 Å². The standard InChI is InChI=1S/C9H13IN2O2/c1-9(12,4-13)5-2-3-6(10)7(11)8(5)14/h2-3,13-14H,4,11-12H2,1H3. The monoisotopic (exact) mass is 308 g/mol. The van der Waals surface area contributed by atoms with Gasteiger partial charge in [0.2, 0.25) is 0 Å². The molecule has 0 bridgehead atoms. The van der Waals surface area contributed by atoms with Crippen LogP contribution in [0.1, 0.15) is 12.5 Å². The van der Waals surface area contributed by atoms with Gasteiger partial charge in [-0.15, -0.1) is 0 Å². The molecule has 0 aromatic heterocycles. The van der Waals surface area contributed by atoms with Crippen LogP contribution in [0.3, 0.4) is 0 Å². The molecule has 0 aliphatic rings. The summed E-state index contributed by atoms with van der Waals surface area (Å²) in [6.07, 6.45) is 0. The Kier molecular flexibility index (Phi) is 3.23. The molecule has 0 spiro atoms. The summed E-state index contributed by atoms with van der Waals surface area (Å²) in [5.41, 5.74) is 11.2. The Morgan fingerprint density at radius 3 is 2.57 bits per heavy atom. The van der Waals surface area contributed by atoms with Crippen LogP contribution < -0.4 is 11.5 Å². The van der Waals surface area contributed by atoms with E-state index in [1.807, 2.05) is 22.6 Å². The Balaban J connectivity index is 3.31. The van der Waals surface area contributed by atoms with Gasteiger partial charge in [-0.2, -0.15) is 0 Å². The number of nitrogen functional groups attached to an aromatic ring is 1. The lowest BCUT2D eigenvalue weighted by Crippen LogP contribution is -2.37. The van der Waals surface area contributed by atoms with E-state index in [9.17, 15) is 5.11 Å².